The monoisotopic (exact) mass is 332 g/mol. The van der Waals surface area contributed by atoms with Gasteiger partial charge in [0.2, 0.25) is 0 Å². The van der Waals surface area contributed by atoms with Gasteiger partial charge in [0.25, 0.3) is 0 Å². The summed E-state index contributed by atoms with van der Waals surface area (Å²) in [5, 5.41) is 0.444. The van der Waals surface area contributed by atoms with Crippen LogP contribution < -0.4 is 0 Å². The van der Waals surface area contributed by atoms with Crippen LogP contribution in [-0.2, 0) is 0 Å². The first kappa shape index (κ1) is 10.9. The lowest BCUT2D eigenvalue weighted by atomic mass is 10.1. The molecule has 0 aromatic heterocycles. The minimum Gasteiger partial charge on any atom is -0.207 e. The molecule has 0 aliphatic carbocycles. The normalized spacial score (nSPS) is 10.3. The Balaban J connectivity index is 2.60. The molecule has 0 aliphatic heterocycles. The van der Waals surface area contributed by atoms with E-state index in [1.165, 1.54) is 12.1 Å². The van der Waals surface area contributed by atoms with Crippen LogP contribution in [0.25, 0.3) is 11.1 Å². The lowest BCUT2D eigenvalue weighted by Crippen LogP contribution is -1.84. The Labute approximate surface area is 106 Å². The van der Waals surface area contributed by atoms with Gasteiger partial charge in [-0.25, -0.2) is 4.39 Å². The smallest absolute Gasteiger partial charge is 0.124 e. The van der Waals surface area contributed by atoms with E-state index in [1.54, 1.807) is 6.07 Å². The van der Waals surface area contributed by atoms with Crippen LogP contribution in [0.2, 0.25) is 5.02 Å². The lowest BCUT2D eigenvalue weighted by Gasteiger charge is -2.06. The molecule has 2 aromatic carbocycles. The van der Waals surface area contributed by atoms with Crippen LogP contribution in [0.4, 0.5) is 4.39 Å². The molecular formula is C12H7ClFI. The van der Waals surface area contributed by atoms with E-state index in [2.05, 4.69) is 22.6 Å². The first-order chi connectivity index (χ1) is 7.18. The van der Waals surface area contributed by atoms with Crippen molar-refractivity contribution in [3.8, 4) is 11.1 Å². The van der Waals surface area contributed by atoms with Crippen molar-refractivity contribution >= 4 is 34.2 Å². The van der Waals surface area contributed by atoms with Crippen LogP contribution >= 0.6 is 34.2 Å². The van der Waals surface area contributed by atoms with Gasteiger partial charge in [-0.15, -0.1) is 0 Å². The van der Waals surface area contributed by atoms with Crippen molar-refractivity contribution in [3.05, 3.63) is 56.9 Å². The maximum Gasteiger partial charge on any atom is 0.124 e. The third-order valence-electron chi connectivity index (χ3n) is 2.10. The predicted molar refractivity (Wildman–Crippen MR) is 69.6 cm³/mol. The molecule has 76 valence electrons. The van der Waals surface area contributed by atoms with Gasteiger partial charge in [0.15, 0.2) is 0 Å². The molecule has 0 N–H and O–H groups in total. The Kier molecular flexibility index (Phi) is 3.26. The van der Waals surface area contributed by atoms with Gasteiger partial charge >= 0.3 is 0 Å². The van der Waals surface area contributed by atoms with Gasteiger partial charge < -0.3 is 0 Å². The summed E-state index contributed by atoms with van der Waals surface area (Å²) in [7, 11) is 0. The molecule has 0 atom stereocenters. The van der Waals surface area contributed by atoms with E-state index >= 15 is 0 Å². The number of hydrogen-bond acceptors (Lipinski definition) is 0. The molecule has 0 spiro atoms. The first-order valence-electron chi connectivity index (χ1n) is 4.38. The fourth-order valence-corrected chi connectivity index (χ4v) is 2.33. The Hall–Kier alpha value is -0.610. The molecule has 0 unspecified atom stereocenters. The zero-order valence-electron chi connectivity index (χ0n) is 7.68. The van der Waals surface area contributed by atoms with Crippen LogP contribution in [0.3, 0.4) is 0 Å². The Morgan fingerprint density at radius 1 is 1.00 bits per heavy atom. The standard InChI is InChI=1S/C12H7ClFI/c13-11-7-8(14)5-6-9(11)10-3-1-2-4-12(10)15/h1-7H. The summed E-state index contributed by atoms with van der Waals surface area (Å²) in [5.41, 5.74) is 1.89. The Morgan fingerprint density at radius 3 is 2.40 bits per heavy atom. The van der Waals surface area contributed by atoms with Gasteiger partial charge in [-0.05, 0) is 52.4 Å². The number of hydrogen-bond donors (Lipinski definition) is 0. The van der Waals surface area contributed by atoms with Gasteiger partial charge in [0, 0.05) is 9.13 Å². The minimum atomic E-state index is -0.310. The van der Waals surface area contributed by atoms with Gasteiger partial charge in [0.05, 0.1) is 5.02 Å². The summed E-state index contributed by atoms with van der Waals surface area (Å²) in [4.78, 5) is 0. The SMILES string of the molecule is Fc1ccc(-c2ccccc2I)c(Cl)c1. The van der Waals surface area contributed by atoms with Crippen LogP contribution in [0.15, 0.2) is 42.5 Å². The molecule has 0 fully saturated rings. The van der Waals surface area contributed by atoms with Crippen molar-refractivity contribution in [2.45, 2.75) is 0 Å². The van der Waals surface area contributed by atoms with Crippen molar-refractivity contribution in [2.75, 3.05) is 0 Å². The van der Waals surface area contributed by atoms with Gasteiger partial charge in [-0.3, -0.25) is 0 Å². The van der Waals surface area contributed by atoms with Gasteiger partial charge in [0.1, 0.15) is 5.82 Å². The summed E-state index contributed by atoms with van der Waals surface area (Å²) in [6.07, 6.45) is 0. The van der Waals surface area contributed by atoms with E-state index in [1.807, 2.05) is 24.3 Å². The van der Waals surface area contributed by atoms with Crippen LogP contribution in [0.1, 0.15) is 0 Å². The number of benzene rings is 2. The second-order valence-electron chi connectivity index (χ2n) is 3.10. The van der Waals surface area contributed by atoms with Crippen molar-refractivity contribution < 1.29 is 4.39 Å². The summed E-state index contributed by atoms with van der Waals surface area (Å²) in [6.45, 7) is 0. The molecule has 0 bridgehead atoms. The Morgan fingerprint density at radius 2 is 1.73 bits per heavy atom. The second kappa shape index (κ2) is 4.49. The van der Waals surface area contributed by atoms with Crippen LogP contribution in [-0.4, -0.2) is 0 Å². The molecule has 2 rings (SSSR count). The third-order valence-corrected chi connectivity index (χ3v) is 3.35. The fraction of sp³-hybridized carbons (Fsp3) is 0. The van der Waals surface area contributed by atoms with E-state index in [-0.39, 0.29) is 5.82 Å². The van der Waals surface area contributed by atoms with E-state index in [4.69, 9.17) is 11.6 Å². The highest BCUT2D eigenvalue weighted by atomic mass is 127. The van der Waals surface area contributed by atoms with Gasteiger partial charge in [-0.2, -0.15) is 0 Å². The van der Waals surface area contributed by atoms with Crippen molar-refractivity contribution in [1.29, 1.82) is 0 Å². The molecule has 3 heteroatoms. The van der Waals surface area contributed by atoms with Crippen molar-refractivity contribution in [1.82, 2.24) is 0 Å². The topological polar surface area (TPSA) is 0 Å². The average Bonchev–Trinajstić information content (AvgIpc) is 2.20. The second-order valence-corrected chi connectivity index (χ2v) is 4.67. The third kappa shape index (κ3) is 2.32. The molecule has 0 radical (unpaired) electrons. The van der Waals surface area contributed by atoms with Crippen LogP contribution in [0, 0.1) is 9.39 Å². The highest BCUT2D eigenvalue weighted by molar-refractivity contribution is 14.1. The molecular weight excluding hydrogens is 325 g/mol. The molecule has 0 saturated heterocycles. The molecule has 0 aliphatic rings. The lowest BCUT2D eigenvalue weighted by molar-refractivity contribution is 0.628. The number of halogens is 3. The van der Waals surface area contributed by atoms with E-state index in [9.17, 15) is 4.39 Å². The summed E-state index contributed by atoms with van der Waals surface area (Å²) in [5.74, 6) is -0.310. The maximum atomic E-state index is 12.9. The molecule has 0 heterocycles. The molecule has 0 amide bonds. The highest BCUT2D eigenvalue weighted by Gasteiger charge is 2.07. The zero-order valence-corrected chi connectivity index (χ0v) is 10.6. The largest absolute Gasteiger partial charge is 0.207 e. The van der Waals surface area contributed by atoms with Crippen LogP contribution in [0.5, 0.6) is 0 Å². The summed E-state index contributed by atoms with van der Waals surface area (Å²) in [6, 6.07) is 12.3. The predicted octanol–water partition coefficient (Wildman–Crippen LogP) is 4.75. The Bertz CT molecular complexity index is 497. The average molecular weight is 333 g/mol. The summed E-state index contributed by atoms with van der Waals surface area (Å²) < 4.78 is 14.0. The molecule has 0 saturated carbocycles. The van der Waals surface area contributed by atoms with Crippen molar-refractivity contribution in [3.63, 3.8) is 0 Å². The van der Waals surface area contributed by atoms with E-state index in [0.29, 0.717) is 5.02 Å². The van der Waals surface area contributed by atoms with E-state index < -0.39 is 0 Å². The molecule has 0 nitrogen and oxygen atoms in total. The molecule has 15 heavy (non-hydrogen) atoms. The quantitative estimate of drug-likeness (QED) is 0.661. The highest BCUT2D eigenvalue weighted by Crippen LogP contribution is 2.31. The number of rotatable bonds is 1. The zero-order chi connectivity index (χ0) is 10.8. The maximum absolute atomic E-state index is 12.9. The first-order valence-corrected chi connectivity index (χ1v) is 5.84. The van der Waals surface area contributed by atoms with E-state index in [0.717, 1.165) is 14.7 Å². The molecule has 2 aromatic rings. The summed E-state index contributed by atoms with van der Waals surface area (Å²) >= 11 is 8.23. The minimum absolute atomic E-state index is 0.310. The van der Waals surface area contributed by atoms with Gasteiger partial charge in [-0.1, -0.05) is 29.8 Å². The fourth-order valence-electron chi connectivity index (χ4n) is 1.39. The van der Waals surface area contributed by atoms with Crippen molar-refractivity contribution in [2.24, 2.45) is 0 Å².